The molecule has 0 atom stereocenters. The molecule has 1 amide bonds. The van der Waals surface area contributed by atoms with Gasteiger partial charge in [-0.25, -0.2) is 8.78 Å². The highest BCUT2D eigenvalue weighted by Crippen LogP contribution is 2.27. The van der Waals surface area contributed by atoms with Gasteiger partial charge in [0.15, 0.2) is 0 Å². The van der Waals surface area contributed by atoms with Crippen molar-refractivity contribution in [3.05, 3.63) is 102 Å². The molecule has 0 aliphatic heterocycles. The Labute approximate surface area is 177 Å². The number of hydrogen-bond donors (Lipinski definition) is 1. The van der Waals surface area contributed by atoms with Crippen LogP contribution in [0.3, 0.4) is 0 Å². The van der Waals surface area contributed by atoms with Gasteiger partial charge >= 0.3 is 0 Å². The normalized spacial score (nSPS) is 11.3. The molecule has 4 nitrogen and oxygen atoms in total. The fourth-order valence-electron chi connectivity index (χ4n) is 4.06. The Kier molecular flexibility index (Phi) is 4.55. The lowest BCUT2D eigenvalue weighted by Crippen LogP contribution is -2.18. The third-order valence-electron chi connectivity index (χ3n) is 5.47. The van der Waals surface area contributed by atoms with Crippen LogP contribution in [0.5, 0.6) is 0 Å². The average Bonchev–Trinajstić information content (AvgIpc) is 3.29. The molecule has 0 bridgehead atoms. The van der Waals surface area contributed by atoms with Gasteiger partial charge in [0.05, 0.1) is 11.2 Å². The van der Waals surface area contributed by atoms with Gasteiger partial charge in [0.1, 0.15) is 17.3 Å². The van der Waals surface area contributed by atoms with Crippen LogP contribution in [-0.2, 0) is 13.6 Å². The van der Waals surface area contributed by atoms with Crippen LogP contribution >= 0.6 is 0 Å². The van der Waals surface area contributed by atoms with E-state index in [9.17, 15) is 13.6 Å². The van der Waals surface area contributed by atoms with Crippen molar-refractivity contribution in [3.8, 4) is 0 Å². The maximum Gasteiger partial charge on any atom is 0.272 e. The van der Waals surface area contributed by atoms with Crippen molar-refractivity contribution in [2.45, 2.75) is 6.54 Å². The number of aryl methyl sites for hydroxylation is 1. The number of nitrogens with one attached hydrogen (secondary N) is 1. The summed E-state index contributed by atoms with van der Waals surface area (Å²) in [5.74, 6) is -1.04. The molecule has 1 N–H and O–H groups in total. The molecule has 3 aromatic carbocycles. The SMILES string of the molecule is Cn1ccc2cccc(NC(=O)c3cc4cc(F)ccc4n3Cc3cccc(F)c3)c21. The summed E-state index contributed by atoms with van der Waals surface area (Å²) < 4.78 is 31.3. The van der Waals surface area contributed by atoms with E-state index in [1.54, 1.807) is 28.8 Å². The first-order valence-electron chi connectivity index (χ1n) is 9.88. The predicted octanol–water partition coefficient (Wildman–Crippen LogP) is 5.71. The summed E-state index contributed by atoms with van der Waals surface area (Å²) >= 11 is 0. The van der Waals surface area contributed by atoms with Crippen molar-refractivity contribution in [2.24, 2.45) is 7.05 Å². The first-order valence-corrected chi connectivity index (χ1v) is 9.88. The molecule has 0 spiro atoms. The van der Waals surface area contributed by atoms with Crippen LogP contribution in [0.2, 0.25) is 0 Å². The summed E-state index contributed by atoms with van der Waals surface area (Å²) in [7, 11) is 1.92. The molecule has 154 valence electrons. The molecule has 5 rings (SSSR count). The largest absolute Gasteiger partial charge is 0.349 e. The Morgan fingerprint density at radius 1 is 0.903 bits per heavy atom. The lowest BCUT2D eigenvalue weighted by Gasteiger charge is -2.13. The fourth-order valence-corrected chi connectivity index (χ4v) is 4.06. The van der Waals surface area contributed by atoms with Crippen LogP contribution in [0.15, 0.2) is 79.0 Å². The summed E-state index contributed by atoms with van der Waals surface area (Å²) in [6, 6.07) is 20.0. The van der Waals surface area contributed by atoms with Crippen molar-refractivity contribution in [2.75, 3.05) is 5.32 Å². The van der Waals surface area contributed by atoms with Gasteiger partial charge < -0.3 is 14.5 Å². The van der Waals surface area contributed by atoms with Crippen molar-refractivity contribution in [3.63, 3.8) is 0 Å². The summed E-state index contributed by atoms with van der Waals surface area (Å²) in [4.78, 5) is 13.3. The second kappa shape index (κ2) is 7.40. The maximum absolute atomic E-state index is 13.8. The number of fused-ring (bicyclic) bond motifs is 2. The average molecular weight is 415 g/mol. The van der Waals surface area contributed by atoms with E-state index < -0.39 is 0 Å². The van der Waals surface area contributed by atoms with E-state index in [4.69, 9.17) is 0 Å². The van der Waals surface area contributed by atoms with Crippen molar-refractivity contribution in [1.29, 1.82) is 0 Å². The number of nitrogens with zero attached hydrogens (tertiary/aromatic N) is 2. The minimum atomic E-state index is -0.379. The first kappa shape index (κ1) is 19.1. The minimum absolute atomic E-state index is 0.282. The Morgan fingerprint density at radius 3 is 2.55 bits per heavy atom. The van der Waals surface area contributed by atoms with Gasteiger partial charge in [-0.1, -0.05) is 24.3 Å². The number of rotatable bonds is 4. The summed E-state index contributed by atoms with van der Waals surface area (Å²) in [6.07, 6.45) is 1.93. The van der Waals surface area contributed by atoms with Gasteiger partial charge in [0, 0.05) is 36.1 Å². The highest BCUT2D eigenvalue weighted by Gasteiger charge is 2.18. The van der Waals surface area contributed by atoms with Gasteiger partial charge in [-0.15, -0.1) is 0 Å². The Morgan fingerprint density at radius 2 is 1.71 bits per heavy atom. The number of anilines is 1. The molecule has 5 aromatic rings. The molecular formula is C25H19F2N3O. The maximum atomic E-state index is 13.8. The standard InChI is InChI=1S/C25H19F2N3O/c1-29-11-10-17-5-3-7-21(24(17)29)28-25(31)23-14-18-13-20(27)8-9-22(18)30(23)15-16-4-2-6-19(26)12-16/h2-14H,15H2,1H3,(H,28,31). The monoisotopic (exact) mass is 415 g/mol. The van der Waals surface area contributed by atoms with E-state index >= 15 is 0 Å². The number of para-hydroxylation sites is 1. The van der Waals surface area contributed by atoms with E-state index in [1.807, 2.05) is 42.1 Å². The lowest BCUT2D eigenvalue weighted by atomic mass is 10.2. The molecule has 2 heterocycles. The first-order chi connectivity index (χ1) is 15.0. The number of hydrogen-bond acceptors (Lipinski definition) is 1. The number of carbonyl (C=O) groups is 1. The number of carbonyl (C=O) groups excluding carboxylic acids is 1. The minimum Gasteiger partial charge on any atom is -0.349 e. The molecular weight excluding hydrogens is 396 g/mol. The lowest BCUT2D eigenvalue weighted by molar-refractivity contribution is 0.101. The Hall–Kier alpha value is -3.93. The van der Waals surface area contributed by atoms with E-state index in [0.29, 0.717) is 27.8 Å². The van der Waals surface area contributed by atoms with Crippen molar-refractivity contribution >= 4 is 33.4 Å². The third-order valence-corrected chi connectivity index (χ3v) is 5.47. The molecule has 0 saturated heterocycles. The van der Waals surface area contributed by atoms with Crippen LogP contribution < -0.4 is 5.32 Å². The summed E-state index contributed by atoms with van der Waals surface area (Å²) in [5.41, 5.74) is 3.38. The van der Waals surface area contributed by atoms with Gasteiger partial charge in [-0.3, -0.25) is 4.79 Å². The summed E-state index contributed by atoms with van der Waals surface area (Å²) in [6.45, 7) is 0.282. The zero-order valence-electron chi connectivity index (χ0n) is 16.8. The number of amides is 1. The molecule has 2 aromatic heterocycles. The van der Waals surface area contributed by atoms with Crippen LogP contribution in [0.1, 0.15) is 16.1 Å². The number of aromatic nitrogens is 2. The highest BCUT2D eigenvalue weighted by molar-refractivity contribution is 6.10. The topological polar surface area (TPSA) is 39.0 Å². The van der Waals surface area contributed by atoms with Crippen LogP contribution in [-0.4, -0.2) is 15.0 Å². The molecule has 0 aliphatic rings. The van der Waals surface area contributed by atoms with E-state index in [2.05, 4.69) is 5.32 Å². The van der Waals surface area contributed by atoms with Gasteiger partial charge in [-0.05, 0) is 54.1 Å². The molecule has 0 aliphatic carbocycles. The molecule has 0 fully saturated rings. The predicted molar refractivity (Wildman–Crippen MR) is 118 cm³/mol. The smallest absolute Gasteiger partial charge is 0.272 e. The molecule has 0 unspecified atom stereocenters. The third kappa shape index (κ3) is 3.46. The fraction of sp³-hybridized carbons (Fsp3) is 0.0800. The van der Waals surface area contributed by atoms with Crippen LogP contribution in [0.4, 0.5) is 14.5 Å². The van der Waals surface area contributed by atoms with E-state index in [-0.39, 0.29) is 24.1 Å². The van der Waals surface area contributed by atoms with E-state index in [1.165, 1.54) is 24.3 Å². The Bertz CT molecular complexity index is 1450. The van der Waals surface area contributed by atoms with Gasteiger partial charge in [-0.2, -0.15) is 0 Å². The zero-order chi connectivity index (χ0) is 21.5. The number of benzene rings is 3. The van der Waals surface area contributed by atoms with Gasteiger partial charge in [0.25, 0.3) is 5.91 Å². The van der Waals surface area contributed by atoms with Crippen molar-refractivity contribution in [1.82, 2.24) is 9.13 Å². The number of halogens is 2. The summed E-state index contributed by atoms with van der Waals surface area (Å²) in [5, 5.41) is 4.62. The molecule has 0 radical (unpaired) electrons. The molecule has 6 heteroatoms. The molecule has 31 heavy (non-hydrogen) atoms. The highest BCUT2D eigenvalue weighted by atomic mass is 19.1. The quantitative estimate of drug-likeness (QED) is 0.401. The van der Waals surface area contributed by atoms with E-state index in [0.717, 1.165) is 10.9 Å². The van der Waals surface area contributed by atoms with Gasteiger partial charge in [0.2, 0.25) is 0 Å². The second-order valence-corrected chi connectivity index (χ2v) is 7.57. The second-order valence-electron chi connectivity index (χ2n) is 7.57. The Balaban J connectivity index is 1.59. The van der Waals surface area contributed by atoms with Crippen LogP contribution in [0.25, 0.3) is 21.8 Å². The zero-order valence-corrected chi connectivity index (χ0v) is 16.8. The molecule has 0 saturated carbocycles. The van der Waals surface area contributed by atoms with Crippen LogP contribution in [0, 0.1) is 11.6 Å². The van der Waals surface area contributed by atoms with Crippen molar-refractivity contribution < 1.29 is 13.6 Å².